The lowest BCUT2D eigenvalue weighted by atomic mass is 10.0. The normalized spacial score (nSPS) is 11.7. The Morgan fingerprint density at radius 2 is 1.95 bits per heavy atom. The van der Waals surface area contributed by atoms with Gasteiger partial charge in [-0.2, -0.15) is 0 Å². The second kappa shape index (κ2) is 6.70. The number of nitrogens with zero attached hydrogens (tertiary/aromatic N) is 1. The summed E-state index contributed by atoms with van der Waals surface area (Å²) >= 11 is 0. The van der Waals surface area contributed by atoms with Gasteiger partial charge in [0.25, 0.3) is 5.91 Å². The van der Waals surface area contributed by atoms with Crippen LogP contribution >= 0.6 is 0 Å². The van der Waals surface area contributed by atoms with Crippen molar-refractivity contribution in [3.8, 4) is 0 Å². The first-order chi connectivity index (χ1) is 9.70. The highest BCUT2D eigenvalue weighted by atomic mass is 16.1. The van der Waals surface area contributed by atoms with Crippen molar-refractivity contribution >= 4 is 11.6 Å². The van der Waals surface area contributed by atoms with Crippen LogP contribution in [-0.4, -0.2) is 24.5 Å². The molecule has 1 unspecified atom stereocenters. The Morgan fingerprint density at radius 3 is 2.55 bits per heavy atom. The second-order valence-corrected chi connectivity index (χ2v) is 4.70. The molecule has 0 aliphatic carbocycles. The molecule has 1 aromatic heterocycles. The molecule has 0 radical (unpaired) electrons. The molecule has 1 aromatic carbocycles. The molecule has 0 fully saturated rings. The standard InChI is InChI=1S/C16H19N3O/c1-12(13-6-4-3-5-7-13)10-19-16(20)15-9-8-14(17-2)11-18-15/h3-9,11-12,17H,10H2,1-2H3,(H,19,20). The first kappa shape index (κ1) is 14.1. The molecular weight excluding hydrogens is 250 g/mol. The van der Waals surface area contributed by atoms with Gasteiger partial charge in [-0.05, 0) is 23.6 Å². The smallest absolute Gasteiger partial charge is 0.269 e. The van der Waals surface area contributed by atoms with Crippen molar-refractivity contribution in [1.29, 1.82) is 0 Å². The minimum atomic E-state index is -0.143. The van der Waals surface area contributed by atoms with E-state index in [4.69, 9.17) is 0 Å². The maximum absolute atomic E-state index is 12.0. The van der Waals surface area contributed by atoms with Crippen molar-refractivity contribution in [2.45, 2.75) is 12.8 Å². The van der Waals surface area contributed by atoms with Crippen LogP contribution in [0, 0.1) is 0 Å². The average molecular weight is 269 g/mol. The fourth-order valence-corrected chi connectivity index (χ4v) is 1.91. The summed E-state index contributed by atoms with van der Waals surface area (Å²) < 4.78 is 0. The predicted octanol–water partition coefficient (Wildman–Crippen LogP) is 2.66. The van der Waals surface area contributed by atoms with Gasteiger partial charge < -0.3 is 10.6 Å². The third-order valence-corrected chi connectivity index (χ3v) is 3.22. The number of benzene rings is 1. The number of amides is 1. The number of carbonyl (C=O) groups is 1. The highest BCUT2D eigenvalue weighted by Crippen LogP contribution is 2.13. The lowest BCUT2D eigenvalue weighted by Gasteiger charge is -2.12. The summed E-state index contributed by atoms with van der Waals surface area (Å²) in [6.45, 7) is 2.69. The molecule has 104 valence electrons. The number of aromatic nitrogens is 1. The van der Waals surface area contributed by atoms with Crippen molar-refractivity contribution in [2.24, 2.45) is 0 Å². The summed E-state index contributed by atoms with van der Waals surface area (Å²) in [7, 11) is 1.82. The molecule has 1 atom stereocenters. The van der Waals surface area contributed by atoms with Crippen LogP contribution in [-0.2, 0) is 0 Å². The van der Waals surface area contributed by atoms with E-state index in [0.29, 0.717) is 12.2 Å². The van der Waals surface area contributed by atoms with E-state index in [1.807, 2.05) is 31.3 Å². The molecule has 1 heterocycles. The first-order valence-electron chi connectivity index (χ1n) is 6.67. The van der Waals surface area contributed by atoms with Gasteiger partial charge >= 0.3 is 0 Å². The van der Waals surface area contributed by atoms with E-state index in [1.165, 1.54) is 5.56 Å². The summed E-state index contributed by atoms with van der Waals surface area (Å²) in [4.78, 5) is 16.1. The fourth-order valence-electron chi connectivity index (χ4n) is 1.91. The Labute approximate surface area is 119 Å². The number of hydrogen-bond acceptors (Lipinski definition) is 3. The van der Waals surface area contributed by atoms with Crippen LogP contribution in [0.4, 0.5) is 5.69 Å². The SMILES string of the molecule is CNc1ccc(C(=O)NCC(C)c2ccccc2)nc1. The maximum Gasteiger partial charge on any atom is 0.269 e. The molecule has 1 amide bonds. The Kier molecular flexibility index (Phi) is 4.71. The van der Waals surface area contributed by atoms with Gasteiger partial charge in [0.1, 0.15) is 5.69 Å². The van der Waals surface area contributed by atoms with E-state index in [-0.39, 0.29) is 11.8 Å². The predicted molar refractivity (Wildman–Crippen MR) is 81.0 cm³/mol. The minimum absolute atomic E-state index is 0.143. The van der Waals surface area contributed by atoms with E-state index in [9.17, 15) is 4.79 Å². The van der Waals surface area contributed by atoms with Crippen molar-refractivity contribution in [1.82, 2.24) is 10.3 Å². The Balaban J connectivity index is 1.91. The highest BCUT2D eigenvalue weighted by Gasteiger charge is 2.10. The average Bonchev–Trinajstić information content (AvgIpc) is 2.53. The van der Waals surface area contributed by atoms with Gasteiger partial charge in [-0.15, -0.1) is 0 Å². The van der Waals surface area contributed by atoms with Crippen LogP contribution in [0.15, 0.2) is 48.7 Å². The molecule has 0 aliphatic heterocycles. The van der Waals surface area contributed by atoms with Gasteiger partial charge in [-0.25, -0.2) is 4.98 Å². The zero-order valence-corrected chi connectivity index (χ0v) is 11.8. The summed E-state index contributed by atoms with van der Waals surface area (Å²) in [6, 6.07) is 13.7. The van der Waals surface area contributed by atoms with Gasteiger partial charge in [-0.3, -0.25) is 4.79 Å². The Morgan fingerprint density at radius 1 is 1.20 bits per heavy atom. The number of pyridine rings is 1. The molecule has 20 heavy (non-hydrogen) atoms. The monoisotopic (exact) mass is 269 g/mol. The van der Waals surface area contributed by atoms with Gasteiger partial charge in [0.05, 0.1) is 11.9 Å². The van der Waals surface area contributed by atoms with Crippen LogP contribution < -0.4 is 10.6 Å². The van der Waals surface area contributed by atoms with Crippen molar-refractivity contribution in [2.75, 3.05) is 18.9 Å². The molecular formula is C16H19N3O. The van der Waals surface area contributed by atoms with E-state index in [1.54, 1.807) is 12.3 Å². The fraction of sp³-hybridized carbons (Fsp3) is 0.250. The molecule has 0 aliphatic rings. The van der Waals surface area contributed by atoms with E-state index in [0.717, 1.165) is 5.69 Å². The highest BCUT2D eigenvalue weighted by molar-refractivity contribution is 5.92. The van der Waals surface area contributed by atoms with Crippen LogP contribution in [0.3, 0.4) is 0 Å². The zero-order chi connectivity index (χ0) is 14.4. The van der Waals surface area contributed by atoms with Crippen molar-refractivity contribution < 1.29 is 4.79 Å². The van der Waals surface area contributed by atoms with Gasteiger partial charge in [0, 0.05) is 13.6 Å². The van der Waals surface area contributed by atoms with Crippen LogP contribution in [0.2, 0.25) is 0 Å². The van der Waals surface area contributed by atoms with Crippen LogP contribution in [0.25, 0.3) is 0 Å². The number of hydrogen-bond donors (Lipinski definition) is 2. The van der Waals surface area contributed by atoms with E-state index >= 15 is 0 Å². The zero-order valence-electron chi connectivity index (χ0n) is 11.8. The van der Waals surface area contributed by atoms with E-state index < -0.39 is 0 Å². The number of rotatable bonds is 5. The van der Waals surface area contributed by atoms with Gasteiger partial charge in [0.2, 0.25) is 0 Å². The van der Waals surface area contributed by atoms with Crippen LogP contribution in [0.1, 0.15) is 28.9 Å². The topological polar surface area (TPSA) is 54.0 Å². The van der Waals surface area contributed by atoms with Crippen molar-refractivity contribution in [3.63, 3.8) is 0 Å². The van der Waals surface area contributed by atoms with E-state index in [2.05, 4.69) is 34.7 Å². The molecule has 4 nitrogen and oxygen atoms in total. The molecule has 2 aromatic rings. The van der Waals surface area contributed by atoms with Crippen LogP contribution in [0.5, 0.6) is 0 Å². The summed E-state index contributed by atoms with van der Waals surface area (Å²) in [6.07, 6.45) is 1.65. The summed E-state index contributed by atoms with van der Waals surface area (Å²) in [5.41, 5.74) is 2.54. The Bertz CT molecular complexity index is 552. The quantitative estimate of drug-likeness (QED) is 0.877. The summed E-state index contributed by atoms with van der Waals surface area (Å²) in [5, 5.41) is 5.88. The lowest BCUT2D eigenvalue weighted by molar-refractivity contribution is 0.0946. The molecule has 2 rings (SSSR count). The molecule has 4 heteroatoms. The second-order valence-electron chi connectivity index (χ2n) is 4.70. The van der Waals surface area contributed by atoms with Gasteiger partial charge in [-0.1, -0.05) is 37.3 Å². The summed E-state index contributed by atoms with van der Waals surface area (Å²) in [5.74, 6) is 0.132. The maximum atomic E-state index is 12.0. The minimum Gasteiger partial charge on any atom is -0.387 e. The first-order valence-corrected chi connectivity index (χ1v) is 6.67. The number of anilines is 1. The third kappa shape index (κ3) is 3.57. The molecule has 0 saturated carbocycles. The molecule has 2 N–H and O–H groups in total. The molecule has 0 saturated heterocycles. The van der Waals surface area contributed by atoms with Crippen molar-refractivity contribution in [3.05, 3.63) is 59.9 Å². The van der Waals surface area contributed by atoms with Gasteiger partial charge in [0.15, 0.2) is 0 Å². The third-order valence-electron chi connectivity index (χ3n) is 3.22. The number of nitrogens with one attached hydrogen (secondary N) is 2. The largest absolute Gasteiger partial charge is 0.387 e. The lowest BCUT2D eigenvalue weighted by Crippen LogP contribution is -2.28. The molecule has 0 bridgehead atoms. The Hall–Kier alpha value is -2.36. The number of carbonyl (C=O) groups excluding carboxylic acids is 1. The molecule has 0 spiro atoms.